The smallest absolute Gasteiger partial charge is 0.327 e. The summed E-state index contributed by atoms with van der Waals surface area (Å²) in [5, 5.41) is 75.9. The minimum atomic E-state index is -2.06. The number of carbonyl (C=O) groups is 13. The lowest BCUT2D eigenvalue weighted by Crippen LogP contribution is -2.61. The molecule has 1 saturated heterocycles. The van der Waals surface area contributed by atoms with Crippen molar-refractivity contribution in [1.82, 2.24) is 63.1 Å². The minimum absolute atomic E-state index is 0.0454. The molecule has 1 aliphatic heterocycles. The standard InChI is InChI=1S/C64H86N16O18S/c1-5-33(4)53-62(96)72-41(7-6-20-69-64(66)67)54(88)73-42(21-32(2)3)55(89)74-45(24-36-12-18-40(83)19-13-36)57(91)78-48(27-52(86)87)60(94)75-44(23-35-10-16-39(82)17-11-35)56(90)76-46(25-37-28-68-31-70-37)58(92)77-47(26-50(65)84)59(93)79-49(63(97)98)29-99-30-51(85)71-43(61(95)80-53)22-34-8-14-38(81)15-9-34/h8-19,28,31-33,41-49,53,81-83H,5-7,20-27,29-30H2,1-4H3,(H2,65,84)(H,68,70)(H,71,85)(H,72,96)(H,73,88)(H,74,89)(H,75,94)(H,76,90)(H,77,92)(H,78,91)(H,79,93)(H,80,95)(H,86,87)(H,97,98)(H4,66,67,69)/t33-,41-,42+,43-,44-,45-,46+,47-,48-,49-,53+/m0/s1. The molecule has 0 saturated carbocycles. The molecule has 11 amide bonds. The summed E-state index contributed by atoms with van der Waals surface area (Å²) in [5.41, 5.74) is 17.9. The Morgan fingerprint density at radius 1 is 0.535 bits per heavy atom. The zero-order valence-corrected chi connectivity index (χ0v) is 55.6. The Labute approximate surface area is 572 Å². The van der Waals surface area contributed by atoms with Crippen LogP contribution < -0.4 is 70.4 Å². The number of aliphatic imine (C=N–C) groups is 1. The van der Waals surface area contributed by atoms with E-state index in [-0.39, 0.29) is 79.0 Å². The second-order valence-electron chi connectivity index (χ2n) is 24.1. The molecule has 35 heteroatoms. The third-order valence-corrected chi connectivity index (χ3v) is 16.6. The summed E-state index contributed by atoms with van der Waals surface area (Å²) < 4.78 is 0. The Balaban J connectivity index is 1.65. The topological polar surface area (TPSA) is 562 Å². The third kappa shape index (κ3) is 26.9. The van der Waals surface area contributed by atoms with Crippen molar-refractivity contribution < 1.29 is 87.9 Å². The highest BCUT2D eigenvalue weighted by Crippen LogP contribution is 2.19. The van der Waals surface area contributed by atoms with Gasteiger partial charge in [0.25, 0.3) is 0 Å². The number of hydrogen-bond acceptors (Lipinski definition) is 19. The number of aliphatic carboxylic acids is 2. The van der Waals surface area contributed by atoms with Crippen LogP contribution in [0.1, 0.15) is 88.6 Å². The van der Waals surface area contributed by atoms with Gasteiger partial charge in [-0.05, 0) is 84.2 Å². The van der Waals surface area contributed by atoms with Gasteiger partial charge in [0.05, 0.1) is 24.9 Å². The van der Waals surface area contributed by atoms with Crippen molar-refractivity contribution in [3.63, 3.8) is 0 Å². The predicted octanol–water partition coefficient (Wildman–Crippen LogP) is -3.03. The molecule has 0 aliphatic carbocycles. The molecular formula is C64H86N16O18S. The molecular weight excluding hydrogens is 1310 g/mol. The first kappa shape index (κ1) is 78.7. The summed E-state index contributed by atoms with van der Waals surface area (Å²) in [6.45, 7) is 6.72. The van der Waals surface area contributed by atoms with E-state index in [1.807, 2.05) is 0 Å². The molecule has 11 atom stereocenters. The van der Waals surface area contributed by atoms with Crippen molar-refractivity contribution in [3.05, 3.63) is 108 Å². The number of nitrogens with zero attached hydrogens (tertiary/aromatic N) is 2. The largest absolute Gasteiger partial charge is 0.508 e. The molecule has 536 valence electrons. The van der Waals surface area contributed by atoms with Gasteiger partial charge in [-0.1, -0.05) is 70.5 Å². The number of phenols is 3. The fourth-order valence-corrected chi connectivity index (χ4v) is 11.0. The van der Waals surface area contributed by atoms with E-state index in [0.29, 0.717) is 22.9 Å². The number of carbonyl (C=O) groups excluding carboxylic acids is 11. The first-order valence-electron chi connectivity index (χ1n) is 31.6. The average Bonchev–Trinajstić information content (AvgIpc) is 1.29. The number of carboxylic acids is 2. The van der Waals surface area contributed by atoms with Gasteiger partial charge in [-0.25, -0.2) is 9.78 Å². The summed E-state index contributed by atoms with van der Waals surface area (Å²) in [6.07, 6.45) is -1.13. The Bertz CT molecular complexity index is 3500. The molecule has 1 fully saturated rings. The highest BCUT2D eigenvalue weighted by molar-refractivity contribution is 8.00. The highest BCUT2D eigenvalue weighted by atomic mass is 32.2. The molecule has 0 unspecified atom stereocenters. The quantitative estimate of drug-likeness (QED) is 0.0224. The van der Waals surface area contributed by atoms with Gasteiger partial charge in [0.2, 0.25) is 65.0 Å². The Kier molecular flexibility index (Phi) is 30.7. The molecule has 99 heavy (non-hydrogen) atoms. The van der Waals surface area contributed by atoms with Crippen LogP contribution in [0, 0.1) is 11.8 Å². The van der Waals surface area contributed by atoms with E-state index in [0.717, 1.165) is 0 Å². The molecule has 34 nitrogen and oxygen atoms in total. The summed E-state index contributed by atoms with van der Waals surface area (Å²) in [7, 11) is 0. The van der Waals surface area contributed by atoms with Crippen molar-refractivity contribution in [2.75, 3.05) is 18.1 Å². The Hall–Kier alpha value is -11.0. The molecule has 22 N–H and O–H groups in total. The highest BCUT2D eigenvalue weighted by Gasteiger charge is 2.38. The van der Waals surface area contributed by atoms with Crippen LogP contribution in [0.3, 0.4) is 0 Å². The van der Waals surface area contributed by atoms with Crippen LogP contribution in [0.5, 0.6) is 17.2 Å². The first-order chi connectivity index (χ1) is 46.9. The van der Waals surface area contributed by atoms with E-state index in [2.05, 4.69) is 68.1 Å². The van der Waals surface area contributed by atoms with Crippen LogP contribution in [0.25, 0.3) is 0 Å². The molecule has 0 bridgehead atoms. The first-order valence-corrected chi connectivity index (χ1v) is 32.7. The monoisotopic (exact) mass is 1400 g/mol. The van der Waals surface area contributed by atoms with E-state index in [1.165, 1.54) is 85.3 Å². The molecule has 0 spiro atoms. The van der Waals surface area contributed by atoms with E-state index in [4.69, 9.17) is 17.2 Å². The van der Waals surface area contributed by atoms with E-state index >= 15 is 0 Å². The maximum atomic E-state index is 14.8. The fraction of sp³-hybridized carbons (Fsp3) is 0.453. The van der Waals surface area contributed by atoms with E-state index in [9.17, 15) is 87.9 Å². The average molecular weight is 1400 g/mol. The van der Waals surface area contributed by atoms with Gasteiger partial charge in [0.15, 0.2) is 5.96 Å². The van der Waals surface area contributed by atoms with Crippen molar-refractivity contribution in [1.29, 1.82) is 0 Å². The normalized spacial score (nSPS) is 23.0. The number of primary amides is 1. The van der Waals surface area contributed by atoms with E-state index < -0.39 is 187 Å². The van der Waals surface area contributed by atoms with Crippen LogP contribution in [-0.2, 0) is 88.0 Å². The number of rotatable bonds is 21. The molecule has 2 heterocycles. The van der Waals surface area contributed by atoms with Crippen molar-refractivity contribution in [3.8, 4) is 17.2 Å². The summed E-state index contributed by atoms with van der Waals surface area (Å²) in [6, 6.07) is -0.864. The maximum Gasteiger partial charge on any atom is 0.327 e. The van der Waals surface area contributed by atoms with Gasteiger partial charge in [-0.15, -0.1) is 11.8 Å². The second kappa shape index (κ2) is 38.7. The third-order valence-electron chi connectivity index (χ3n) is 15.6. The fourth-order valence-electron chi connectivity index (χ4n) is 10.1. The second-order valence-corrected chi connectivity index (χ2v) is 25.1. The predicted molar refractivity (Wildman–Crippen MR) is 357 cm³/mol. The van der Waals surface area contributed by atoms with Gasteiger partial charge in [-0.3, -0.25) is 62.5 Å². The molecule has 4 aromatic rings. The number of imidazole rings is 1. The van der Waals surface area contributed by atoms with Crippen LogP contribution in [0.2, 0.25) is 0 Å². The Morgan fingerprint density at radius 3 is 1.39 bits per heavy atom. The van der Waals surface area contributed by atoms with Crippen LogP contribution in [0.4, 0.5) is 0 Å². The number of nitrogens with one attached hydrogen (secondary N) is 11. The maximum absolute atomic E-state index is 14.8. The van der Waals surface area contributed by atoms with Gasteiger partial charge < -0.3 is 101 Å². The number of aromatic hydroxyl groups is 3. The number of amides is 11. The number of carboxylic acid groups (broad SMARTS) is 2. The van der Waals surface area contributed by atoms with Crippen LogP contribution in [-0.4, -0.2) is 197 Å². The van der Waals surface area contributed by atoms with Crippen molar-refractivity contribution >= 4 is 94.6 Å². The number of nitrogens with two attached hydrogens (primary N) is 3. The lowest BCUT2D eigenvalue weighted by Gasteiger charge is -2.30. The number of aromatic nitrogens is 2. The number of guanidine groups is 1. The van der Waals surface area contributed by atoms with Crippen molar-refractivity contribution in [2.45, 2.75) is 152 Å². The van der Waals surface area contributed by atoms with Gasteiger partial charge in [0.1, 0.15) is 77.7 Å². The summed E-state index contributed by atoms with van der Waals surface area (Å²) >= 11 is 0.673. The Morgan fingerprint density at radius 2 is 0.949 bits per heavy atom. The lowest BCUT2D eigenvalue weighted by atomic mass is 9.96. The van der Waals surface area contributed by atoms with E-state index in [1.54, 1.807) is 27.7 Å². The number of thioether (sulfide) groups is 1. The molecule has 5 rings (SSSR count). The molecule has 1 aliphatic rings. The van der Waals surface area contributed by atoms with Gasteiger partial charge in [0, 0.05) is 49.9 Å². The van der Waals surface area contributed by atoms with Crippen molar-refractivity contribution in [2.24, 2.45) is 34.0 Å². The summed E-state index contributed by atoms with van der Waals surface area (Å²) in [4.78, 5) is 194. The number of phenolic OH excluding ortho intramolecular Hbond substituents is 3. The molecule has 0 radical (unpaired) electrons. The zero-order chi connectivity index (χ0) is 73.0. The van der Waals surface area contributed by atoms with Gasteiger partial charge >= 0.3 is 11.9 Å². The molecule has 3 aromatic carbocycles. The number of H-pyrrole nitrogens is 1. The molecule has 1 aromatic heterocycles. The number of hydrogen-bond donors (Lipinski definition) is 19. The van der Waals surface area contributed by atoms with Crippen LogP contribution >= 0.6 is 11.8 Å². The number of benzene rings is 3. The van der Waals surface area contributed by atoms with Gasteiger partial charge in [-0.2, -0.15) is 0 Å². The van der Waals surface area contributed by atoms with Crippen LogP contribution in [0.15, 0.2) is 90.3 Å². The summed E-state index contributed by atoms with van der Waals surface area (Å²) in [5.74, 6) is -18.1. The minimum Gasteiger partial charge on any atom is -0.508 e. The zero-order valence-electron chi connectivity index (χ0n) is 54.8. The lowest BCUT2D eigenvalue weighted by molar-refractivity contribution is -0.142. The number of aromatic amines is 1. The SMILES string of the molecule is CC[C@H](C)[C@H]1NC(=O)[C@H](Cc2ccc(O)cc2)NC(=O)CSC[C@@H](C(=O)O)NC(=O)[C@H](CC(N)=O)NC(=O)[C@@H](Cc2cnc[nH]2)NC(=O)[C@H](Cc2ccc(O)cc2)NC(=O)[C@H](CC(=O)O)NC(=O)[C@H](Cc2ccc(O)cc2)NC(=O)[C@@H](CC(C)C)NC(=O)[C@H](CCCN=C(N)N)NC1=O.